The van der Waals surface area contributed by atoms with E-state index in [1.165, 1.54) is 6.08 Å². The molecule has 1 atom stereocenters. The molecule has 0 aromatic heterocycles. The molecule has 1 saturated heterocycles. The van der Waals surface area contributed by atoms with Gasteiger partial charge in [0.15, 0.2) is 0 Å². The third-order valence-corrected chi connectivity index (χ3v) is 2.31. The van der Waals surface area contributed by atoms with E-state index in [4.69, 9.17) is 9.47 Å². The monoisotopic (exact) mass is 254 g/mol. The molecule has 1 aliphatic rings. The first-order valence-corrected chi connectivity index (χ1v) is 5.79. The third kappa shape index (κ3) is 5.01. The van der Waals surface area contributed by atoms with Crippen LogP contribution in [0.1, 0.15) is 19.3 Å². The Kier molecular flexibility index (Phi) is 5.93. The summed E-state index contributed by atoms with van der Waals surface area (Å²) in [6.07, 6.45) is 3.89. The predicted octanol–water partition coefficient (Wildman–Crippen LogP) is 1.06. The Morgan fingerprint density at radius 2 is 2.22 bits per heavy atom. The van der Waals surface area contributed by atoms with Crippen LogP contribution >= 0.6 is 0 Å². The van der Waals surface area contributed by atoms with Crippen molar-refractivity contribution in [2.24, 2.45) is 0 Å². The number of urea groups is 1. The van der Waals surface area contributed by atoms with Crippen molar-refractivity contribution in [2.75, 3.05) is 13.2 Å². The second kappa shape index (κ2) is 7.50. The Balaban J connectivity index is 2.27. The van der Waals surface area contributed by atoms with Crippen LogP contribution in [0.3, 0.4) is 0 Å². The molecule has 0 aromatic carbocycles. The van der Waals surface area contributed by atoms with Gasteiger partial charge in [-0.25, -0.2) is 9.59 Å². The lowest BCUT2D eigenvalue weighted by molar-refractivity contribution is -0.138. The fraction of sp³-hybridized carbons (Fsp3) is 0.500. The van der Waals surface area contributed by atoms with Gasteiger partial charge in [0.1, 0.15) is 18.5 Å². The minimum Gasteiger partial charge on any atom is -0.457 e. The van der Waals surface area contributed by atoms with Gasteiger partial charge < -0.3 is 20.1 Å². The van der Waals surface area contributed by atoms with Crippen LogP contribution in [0.5, 0.6) is 0 Å². The maximum Gasteiger partial charge on any atom is 0.354 e. The summed E-state index contributed by atoms with van der Waals surface area (Å²) >= 11 is 0. The number of esters is 1. The Labute approximate surface area is 106 Å². The minimum atomic E-state index is -0.686. The highest BCUT2D eigenvalue weighted by Gasteiger charge is 2.17. The van der Waals surface area contributed by atoms with Crippen molar-refractivity contribution in [3.05, 3.63) is 24.9 Å². The van der Waals surface area contributed by atoms with Gasteiger partial charge in [0, 0.05) is 6.61 Å². The summed E-state index contributed by atoms with van der Waals surface area (Å²) < 4.78 is 10.0. The van der Waals surface area contributed by atoms with Gasteiger partial charge in [0.2, 0.25) is 0 Å². The molecule has 2 N–H and O–H groups in total. The lowest BCUT2D eigenvalue weighted by Gasteiger charge is -2.23. The fourth-order valence-electron chi connectivity index (χ4n) is 1.45. The van der Waals surface area contributed by atoms with Crippen molar-refractivity contribution in [3.8, 4) is 0 Å². The first-order valence-electron chi connectivity index (χ1n) is 5.79. The average molecular weight is 254 g/mol. The van der Waals surface area contributed by atoms with Gasteiger partial charge in [0.05, 0.1) is 0 Å². The molecule has 18 heavy (non-hydrogen) atoms. The van der Waals surface area contributed by atoms with E-state index < -0.39 is 12.0 Å². The van der Waals surface area contributed by atoms with Crippen molar-refractivity contribution < 1.29 is 19.1 Å². The van der Waals surface area contributed by atoms with Gasteiger partial charge in [-0.15, -0.1) is 0 Å². The van der Waals surface area contributed by atoms with Crippen LogP contribution in [0.4, 0.5) is 4.79 Å². The van der Waals surface area contributed by atoms with E-state index in [9.17, 15) is 9.59 Å². The smallest absolute Gasteiger partial charge is 0.354 e. The summed E-state index contributed by atoms with van der Waals surface area (Å²) in [5.41, 5.74) is -0.120. The van der Waals surface area contributed by atoms with Crippen molar-refractivity contribution >= 4 is 12.0 Å². The zero-order valence-corrected chi connectivity index (χ0v) is 10.2. The number of hydrogen-bond donors (Lipinski definition) is 2. The van der Waals surface area contributed by atoms with Gasteiger partial charge in [-0.3, -0.25) is 0 Å². The molecule has 6 heteroatoms. The van der Waals surface area contributed by atoms with E-state index in [2.05, 4.69) is 23.8 Å². The van der Waals surface area contributed by atoms with Crippen LogP contribution in [-0.2, 0) is 14.3 Å². The molecule has 0 aromatic rings. The molecule has 2 amide bonds. The molecule has 1 rings (SSSR count). The summed E-state index contributed by atoms with van der Waals surface area (Å²) in [4.78, 5) is 22.8. The lowest BCUT2D eigenvalue weighted by atomic mass is 10.2. The lowest BCUT2D eigenvalue weighted by Crippen LogP contribution is -2.45. The SMILES string of the molecule is C=CCOC(=O)C(=C)NC(=O)NC1CCCCO1. The van der Waals surface area contributed by atoms with Crippen LogP contribution in [-0.4, -0.2) is 31.4 Å². The van der Waals surface area contributed by atoms with Gasteiger partial charge >= 0.3 is 12.0 Å². The summed E-state index contributed by atoms with van der Waals surface area (Å²) in [7, 11) is 0. The highest BCUT2D eigenvalue weighted by molar-refractivity contribution is 5.92. The molecule has 0 spiro atoms. The molecule has 0 bridgehead atoms. The number of carbonyl (C=O) groups excluding carboxylic acids is 2. The molecule has 1 fully saturated rings. The molecule has 1 aliphatic heterocycles. The van der Waals surface area contributed by atoms with Gasteiger partial charge in [-0.2, -0.15) is 0 Å². The summed E-state index contributed by atoms with van der Waals surface area (Å²) in [6, 6.07) is -0.526. The van der Waals surface area contributed by atoms with Crippen molar-refractivity contribution in [3.63, 3.8) is 0 Å². The van der Waals surface area contributed by atoms with Crippen LogP contribution in [0.15, 0.2) is 24.9 Å². The zero-order valence-electron chi connectivity index (χ0n) is 10.2. The Hall–Kier alpha value is -1.82. The third-order valence-electron chi connectivity index (χ3n) is 2.31. The van der Waals surface area contributed by atoms with E-state index in [0.29, 0.717) is 6.61 Å². The number of ether oxygens (including phenoxy) is 2. The average Bonchev–Trinajstić information content (AvgIpc) is 2.36. The molecule has 1 unspecified atom stereocenters. The van der Waals surface area contributed by atoms with E-state index >= 15 is 0 Å². The topological polar surface area (TPSA) is 76.7 Å². The van der Waals surface area contributed by atoms with Crippen molar-refractivity contribution in [1.29, 1.82) is 0 Å². The standard InChI is InChI=1S/C12H18N2O4/c1-3-7-18-11(15)9(2)13-12(16)14-10-6-4-5-8-17-10/h3,10H,1-2,4-8H2,(H2,13,14,16). The Morgan fingerprint density at radius 3 is 2.83 bits per heavy atom. The molecular formula is C12H18N2O4. The number of carbonyl (C=O) groups is 2. The molecule has 1 heterocycles. The molecule has 0 aliphatic carbocycles. The van der Waals surface area contributed by atoms with Crippen LogP contribution < -0.4 is 10.6 Å². The zero-order chi connectivity index (χ0) is 13.4. The fourth-order valence-corrected chi connectivity index (χ4v) is 1.45. The molecule has 100 valence electrons. The molecule has 0 saturated carbocycles. The van der Waals surface area contributed by atoms with Crippen molar-refractivity contribution in [1.82, 2.24) is 10.6 Å². The van der Waals surface area contributed by atoms with E-state index in [-0.39, 0.29) is 18.5 Å². The van der Waals surface area contributed by atoms with E-state index in [0.717, 1.165) is 19.3 Å². The number of hydrogen-bond acceptors (Lipinski definition) is 4. The number of amides is 2. The summed E-state index contributed by atoms with van der Waals surface area (Å²) in [6.45, 7) is 7.53. The Bertz CT molecular complexity index is 335. The van der Waals surface area contributed by atoms with E-state index in [1.807, 2.05) is 0 Å². The van der Waals surface area contributed by atoms with Gasteiger partial charge in [-0.1, -0.05) is 19.2 Å². The maximum atomic E-state index is 11.5. The highest BCUT2D eigenvalue weighted by Crippen LogP contribution is 2.09. The normalized spacial score (nSPS) is 18.6. The number of rotatable bonds is 5. The van der Waals surface area contributed by atoms with Crippen LogP contribution in [0, 0.1) is 0 Å². The maximum absolute atomic E-state index is 11.5. The van der Waals surface area contributed by atoms with Crippen molar-refractivity contribution in [2.45, 2.75) is 25.5 Å². The van der Waals surface area contributed by atoms with E-state index in [1.54, 1.807) is 0 Å². The Morgan fingerprint density at radius 1 is 1.44 bits per heavy atom. The molecule has 6 nitrogen and oxygen atoms in total. The molecule has 0 radical (unpaired) electrons. The largest absolute Gasteiger partial charge is 0.457 e. The predicted molar refractivity (Wildman–Crippen MR) is 65.6 cm³/mol. The van der Waals surface area contributed by atoms with Gasteiger partial charge in [0.25, 0.3) is 0 Å². The highest BCUT2D eigenvalue weighted by atomic mass is 16.5. The summed E-state index contributed by atoms with van der Waals surface area (Å²) in [5, 5.41) is 4.90. The first kappa shape index (κ1) is 14.2. The number of nitrogens with one attached hydrogen (secondary N) is 2. The van der Waals surface area contributed by atoms with Crippen LogP contribution in [0.2, 0.25) is 0 Å². The van der Waals surface area contributed by atoms with Gasteiger partial charge in [-0.05, 0) is 19.3 Å². The quantitative estimate of drug-likeness (QED) is 0.437. The summed E-state index contributed by atoms with van der Waals surface area (Å²) in [5.74, 6) is -0.686. The van der Waals surface area contributed by atoms with Crippen LogP contribution in [0.25, 0.3) is 0 Å². The minimum absolute atomic E-state index is 0.0763. The first-order chi connectivity index (χ1) is 8.63. The second-order valence-electron chi connectivity index (χ2n) is 3.82. The second-order valence-corrected chi connectivity index (χ2v) is 3.82. The molecular weight excluding hydrogens is 236 g/mol.